The van der Waals surface area contributed by atoms with Crippen LogP contribution in [0.15, 0.2) is 12.3 Å². The summed E-state index contributed by atoms with van der Waals surface area (Å²) in [6.45, 7) is 1.60. The molecule has 48 valence electrons. The Labute approximate surface area is 48.5 Å². The fourth-order valence-corrected chi connectivity index (χ4v) is 0.413. The minimum absolute atomic E-state index is 0.981. The van der Waals surface area contributed by atoms with E-state index in [-0.39, 0.29) is 0 Å². The summed E-state index contributed by atoms with van der Waals surface area (Å²) in [6, 6.07) is 0. The average Bonchev–Trinajstić information content (AvgIpc) is 1.84. The van der Waals surface area contributed by atoms with Gasteiger partial charge in [-0.1, -0.05) is 6.08 Å². The number of phosphoric ester groups is 1. The van der Waals surface area contributed by atoms with Gasteiger partial charge in [0.25, 0.3) is 0 Å². The Kier molecular flexibility index (Phi) is 2.09. The third-order valence-corrected chi connectivity index (χ3v) is 0.718. The van der Waals surface area contributed by atoms with E-state index in [2.05, 4.69) is 9.42 Å². The van der Waals surface area contributed by atoms with E-state index in [1.807, 2.05) is 0 Å². The molecule has 0 aliphatic carbocycles. The van der Waals surface area contributed by atoms with Crippen molar-refractivity contribution in [1.82, 2.24) is 0 Å². The van der Waals surface area contributed by atoms with E-state index >= 15 is 0 Å². The van der Waals surface area contributed by atoms with Crippen LogP contribution in [0.1, 0.15) is 6.92 Å². The molecule has 0 aromatic carbocycles. The first-order valence-corrected chi connectivity index (χ1v) is 3.39. The average molecular weight is 139 g/mol. The molecule has 0 amide bonds. The second-order valence-corrected chi connectivity index (χ2v) is 2.19. The van der Waals surface area contributed by atoms with Gasteiger partial charge in [0.15, 0.2) is 0 Å². The normalized spacial score (nSPS) is 20.0. The lowest BCUT2D eigenvalue weighted by atomic mass is 10.8. The lowest BCUT2D eigenvalue weighted by molar-refractivity contribution is 0.258. The summed E-state index contributed by atoms with van der Waals surface area (Å²) >= 11 is 0. The van der Waals surface area contributed by atoms with Crippen LogP contribution in [0.25, 0.3) is 0 Å². The van der Waals surface area contributed by atoms with Crippen molar-refractivity contribution in [1.29, 1.82) is 1.43 Å². The van der Waals surface area contributed by atoms with Gasteiger partial charge in [0.1, 0.15) is 0 Å². The molecule has 0 radical (unpaired) electrons. The molecule has 1 unspecified atom stereocenters. The Morgan fingerprint density at radius 1 is 2.00 bits per heavy atom. The zero-order valence-corrected chi connectivity index (χ0v) is 5.17. The molecule has 0 aliphatic rings. The van der Waals surface area contributed by atoms with Crippen LogP contribution in [-0.2, 0) is 9.09 Å². The van der Waals surface area contributed by atoms with Gasteiger partial charge in [0.05, 0.1) is 6.26 Å². The van der Waals surface area contributed by atoms with Crippen molar-refractivity contribution in [3.8, 4) is 0 Å². The highest BCUT2D eigenvalue weighted by Crippen LogP contribution is 2.35. The van der Waals surface area contributed by atoms with Gasteiger partial charge in [-0.05, 0) is 6.92 Å². The van der Waals surface area contributed by atoms with Crippen molar-refractivity contribution in [2.24, 2.45) is 0 Å². The standard InChI is InChI=1S/C3H7O4P/c1-2-3-7-8(4,5)6/h2-3H,1H3,(H2,4,5,6)/b3-2-/i/hD. The van der Waals surface area contributed by atoms with Crippen LogP contribution in [0, 0.1) is 0 Å². The van der Waals surface area contributed by atoms with Crippen molar-refractivity contribution in [3.63, 3.8) is 0 Å². The van der Waals surface area contributed by atoms with Crippen LogP contribution in [-0.4, -0.2) is 11.2 Å². The molecule has 0 aromatic rings. The summed E-state index contributed by atoms with van der Waals surface area (Å²) in [5.41, 5.74) is 0. The summed E-state index contributed by atoms with van der Waals surface area (Å²) in [7, 11) is -4.11. The van der Waals surface area contributed by atoms with Crippen LogP contribution >= 0.6 is 7.82 Å². The lowest BCUT2D eigenvalue weighted by Crippen LogP contribution is -1.76. The Morgan fingerprint density at radius 3 is 3.00 bits per heavy atom. The Morgan fingerprint density at radius 2 is 2.62 bits per heavy atom. The molecule has 0 fully saturated rings. The minimum atomic E-state index is -4.11. The van der Waals surface area contributed by atoms with Gasteiger partial charge in [-0.15, -0.1) is 0 Å². The number of hydrogen-bond donors (Lipinski definition) is 2. The molecule has 0 rings (SSSR count). The minimum Gasteiger partial charge on any atom is -0.413 e. The van der Waals surface area contributed by atoms with Gasteiger partial charge < -0.3 is 4.52 Å². The van der Waals surface area contributed by atoms with Crippen molar-refractivity contribution < 1.29 is 18.9 Å². The second kappa shape index (κ2) is 2.87. The van der Waals surface area contributed by atoms with Crippen LogP contribution in [0.5, 0.6) is 0 Å². The first kappa shape index (κ1) is 5.82. The van der Waals surface area contributed by atoms with Gasteiger partial charge in [-0.2, -0.15) is 0 Å². The highest BCUT2D eigenvalue weighted by Gasteiger charge is 2.10. The number of hydrogen-bond acceptors (Lipinski definition) is 3. The van der Waals surface area contributed by atoms with E-state index in [0.717, 1.165) is 6.26 Å². The zero-order chi connectivity index (χ0) is 7.33. The van der Waals surface area contributed by atoms with E-state index in [9.17, 15) is 4.57 Å². The maximum Gasteiger partial charge on any atom is 0.524 e. The summed E-state index contributed by atoms with van der Waals surface area (Å²) in [5, 5.41) is 0. The van der Waals surface area contributed by atoms with E-state index in [0.29, 0.717) is 0 Å². The first-order valence-electron chi connectivity index (χ1n) is 2.30. The van der Waals surface area contributed by atoms with Gasteiger partial charge in [-0.3, -0.25) is 9.79 Å². The quantitative estimate of drug-likeness (QED) is 0.444. The van der Waals surface area contributed by atoms with Crippen LogP contribution in [0.2, 0.25) is 0 Å². The third kappa shape index (κ3) is 5.69. The van der Waals surface area contributed by atoms with Crippen LogP contribution in [0.4, 0.5) is 0 Å². The Balaban J connectivity index is 3.73. The van der Waals surface area contributed by atoms with E-state index in [4.69, 9.17) is 6.32 Å². The molecule has 0 aliphatic heterocycles. The molecule has 8 heavy (non-hydrogen) atoms. The van der Waals surface area contributed by atoms with E-state index in [1.165, 1.54) is 6.08 Å². The number of phosphoric acid groups is 1. The van der Waals surface area contributed by atoms with E-state index in [1.54, 1.807) is 6.92 Å². The lowest BCUT2D eigenvalue weighted by Gasteiger charge is -1.97. The third-order valence-electron chi connectivity index (χ3n) is 0.330. The van der Waals surface area contributed by atoms with Crippen molar-refractivity contribution >= 4 is 7.82 Å². The number of rotatable bonds is 3. The van der Waals surface area contributed by atoms with Gasteiger partial charge in [0.2, 0.25) is 1.43 Å². The predicted octanol–water partition coefficient (Wildman–Crippen LogP) is 0.629. The van der Waals surface area contributed by atoms with Crippen molar-refractivity contribution in [3.05, 3.63) is 12.3 Å². The topological polar surface area (TPSA) is 66.8 Å². The molecule has 0 saturated carbocycles. The maximum absolute atomic E-state index is 10.2. The Bertz CT molecular complexity index is 145. The fourth-order valence-electron chi connectivity index (χ4n) is 0.138. The van der Waals surface area contributed by atoms with Gasteiger partial charge in [-0.25, -0.2) is 4.57 Å². The summed E-state index contributed by atoms with van der Waals surface area (Å²) in [6.07, 6.45) is 2.39. The summed E-state index contributed by atoms with van der Waals surface area (Å²) in [5.74, 6) is 0. The molecule has 0 heterocycles. The molecule has 0 aromatic heterocycles. The first-order chi connectivity index (χ1) is 4.12. The van der Waals surface area contributed by atoms with Crippen molar-refractivity contribution in [2.45, 2.75) is 6.92 Å². The summed E-state index contributed by atoms with van der Waals surface area (Å²) in [4.78, 5) is 11.7. The van der Waals surface area contributed by atoms with E-state index < -0.39 is 7.82 Å². The molecular weight excluding hydrogens is 131 g/mol. The number of allylic oxidation sites excluding steroid dienone is 1. The highest BCUT2D eigenvalue weighted by atomic mass is 31.2. The fraction of sp³-hybridized carbons (Fsp3) is 0.333. The molecule has 0 bridgehead atoms. The van der Waals surface area contributed by atoms with Gasteiger partial charge in [0, 0.05) is 0 Å². The van der Waals surface area contributed by atoms with Crippen LogP contribution in [0.3, 0.4) is 0 Å². The summed E-state index contributed by atoms with van der Waals surface area (Å²) < 4.78 is 20.3. The van der Waals surface area contributed by atoms with Crippen molar-refractivity contribution in [2.75, 3.05) is 0 Å². The smallest absolute Gasteiger partial charge is 0.413 e. The zero-order valence-electron chi connectivity index (χ0n) is 5.27. The molecule has 0 saturated heterocycles. The van der Waals surface area contributed by atoms with Crippen LogP contribution < -0.4 is 0 Å². The predicted molar refractivity (Wildman–Crippen MR) is 27.9 cm³/mol. The Hall–Kier alpha value is -0.310. The largest absolute Gasteiger partial charge is 0.524 e. The maximum atomic E-state index is 10.2. The molecule has 1 atom stereocenters. The monoisotopic (exact) mass is 139 g/mol. The van der Waals surface area contributed by atoms with Gasteiger partial charge >= 0.3 is 7.82 Å². The second-order valence-electron chi connectivity index (χ2n) is 1.04. The SMILES string of the molecule is [2H]OP(=O)(O)O/C=C\C. The molecule has 5 heteroatoms. The molecule has 0 spiro atoms. The molecule has 2 N–H and O–H groups in total. The molecular formula is C3H7O4P. The molecule has 4 nitrogen and oxygen atoms in total. The highest BCUT2D eigenvalue weighted by molar-refractivity contribution is 7.46.